The van der Waals surface area contributed by atoms with E-state index in [-0.39, 0.29) is 11.8 Å². The van der Waals surface area contributed by atoms with E-state index in [4.69, 9.17) is 0 Å². The minimum atomic E-state index is -0.337. The summed E-state index contributed by atoms with van der Waals surface area (Å²) in [7, 11) is 0. The Hall–Kier alpha value is -4.96. The van der Waals surface area contributed by atoms with Crippen LogP contribution in [0.3, 0.4) is 0 Å². The fraction of sp³-hybridized carbons (Fsp3) is 0.0357. The number of rotatable bonds is 4. The molecule has 0 bridgehead atoms. The molecule has 0 spiro atoms. The zero-order chi connectivity index (χ0) is 24.0. The van der Waals surface area contributed by atoms with Crippen molar-refractivity contribution in [1.82, 2.24) is 20.3 Å². The predicted octanol–water partition coefficient (Wildman–Crippen LogP) is 5.49. The maximum absolute atomic E-state index is 13.2. The van der Waals surface area contributed by atoms with Crippen molar-refractivity contribution < 1.29 is 9.18 Å². The van der Waals surface area contributed by atoms with E-state index in [1.54, 1.807) is 36.9 Å². The highest BCUT2D eigenvalue weighted by Crippen LogP contribution is 2.26. The number of carbonyl (C=O) groups is 1. The summed E-state index contributed by atoms with van der Waals surface area (Å²) in [5, 5.41) is 6.71. The van der Waals surface area contributed by atoms with Gasteiger partial charge in [-0.25, -0.2) is 9.18 Å². The topological polar surface area (TPSA) is 82.7 Å². The van der Waals surface area contributed by atoms with E-state index >= 15 is 0 Å². The summed E-state index contributed by atoms with van der Waals surface area (Å²) in [6.07, 6.45) is 6.92. The number of aromatic amines is 1. The van der Waals surface area contributed by atoms with Gasteiger partial charge in [0, 0.05) is 58.2 Å². The third-order valence-electron chi connectivity index (χ3n) is 5.37. The first-order valence-corrected chi connectivity index (χ1v) is 10.9. The molecule has 0 atom stereocenters. The molecule has 5 aromatic rings. The van der Waals surface area contributed by atoms with Crippen molar-refractivity contribution in [3.63, 3.8) is 0 Å². The molecular weight excluding hydrogens is 441 g/mol. The third kappa shape index (κ3) is 5.34. The summed E-state index contributed by atoms with van der Waals surface area (Å²) in [6.45, 7) is 0.340. The second-order valence-electron chi connectivity index (χ2n) is 7.82. The average Bonchev–Trinajstić information content (AvgIpc) is 3.31. The number of amides is 2. The van der Waals surface area contributed by atoms with Gasteiger partial charge in [0.15, 0.2) is 0 Å². The van der Waals surface area contributed by atoms with Crippen molar-refractivity contribution in [2.45, 2.75) is 6.54 Å². The minimum Gasteiger partial charge on any atom is -0.357 e. The quantitative estimate of drug-likeness (QED) is 0.310. The molecule has 5 rings (SSSR count). The van der Waals surface area contributed by atoms with Gasteiger partial charge in [0.05, 0.1) is 6.54 Å². The van der Waals surface area contributed by atoms with Gasteiger partial charge in [-0.15, -0.1) is 0 Å². The minimum absolute atomic E-state index is 0.311. The number of carbonyl (C=O) groups excluding carboxylic acids is 1. The van der Waals surface area contributed by atoms with E-state index in [1.165, 1.54) is 12.1 Å². The summed E-state index contributed by atoms with van der Waals surface area (Å²) in [4.78, 5) is 24.0. The van der Waals surface area contributed by atoms with E-state index in [1.807, 2.05) is 42.5 Å². The van der Waals surface area contributed by atoms with Gasteiger partial charge in [-0.05, 0) is 71.8 Å². The Morgan fingerprint density at radius 1 is 0.914 bits per heavy atom. The van der Waals surface area contributed by atoms with Crippen LogP contribution in [0.25, 0.3) is 22.0 Å². The highest BCUT2D eigenvalue weighted by molar-refractivity contribution is 5.90. The van der Waals surface area contributed by atoms with Gasteiger partial charge < -0.3 is 15.6 Å². The van der Waals surface area contributed by atoms with Crippen molar-refractivity contribution >= 4 is 22.6 Å². The largest absolute Gasteiger partial charge is 0.357 e. The summed E-state index contributed by atoms with van der Waals surface area (Å²) >= 11 is 0. The molecule has 35 heavy (non-hydrogen) atoms. The number of hydrogen-bond acceptors (Lipinski definition) is 3. The predicted molar refractivity (Wildman–Crippen MR) is 134 cm³/mol. The number of nitrogens with zero attached hydrogens (tertiary/aromatic N) is 2. The maximum atomic E-state index is 13.2. The SMILES string of the molecule is O=C(NCc1cc2cnccc2[nH]1)Nc1ccc(-c2ccncc2)c(C#Cc2ccc(F)cc2)c1. The van der Waals surface area contributed by atoms with Crippen molar-refractivity contribution in [3.05, 3.63) is 114 Å². The summed E-state index contributed by atoms with van der Waals surface area (Å²) < 4.78 is 13.2. The molecule has 0 saturated heterocycles. The number of urea groups is 1. The van der Waals surface area contributed by atoms with Crippen LogP contribution in [-0.2, 0) is 6.54 Å². The Balaban J connectivity index is 1.35. The monoisotopic (exact) mass is 461 g/mol. The van der Waals surface area contributed by atoms with Crippen molar-refractivity contribution in [3.8, 4) is 23.0 Å². The number of nitrogens with one attached hydrogen (secondary N) is 3. The van der Waals surface area contributed by atoms with Gasteiger partial charge in [-0.2, -0.15) is 0 Å². The van der Waals surface area contributed by atoms with Crippen LogP contribution in [0.1, 0.15) is 16.8 Å². The van der Waals surface area contributed by atoms with Gasteiger partial charge in [0.2, 0.25) is 0 Å². The zero-order valence-corrected chi connectivity index (χ0v) is 18.5. The fourth-order valence-electron chi connectivity index (χ4n) is 3.66. The van der Waals surface area contributed by atoms with E-state index in [2.05, 4.69) is 37.4 Å². The van der Waals surface area contributed by atoms with E-state index in [9.17, 15) is 9.18 Å². The molecule has 0 unspecified atom stereocenters. The number of hydrogen-bond donors (Lipinski definition) is 3. The maximum Gasteiger partial charge on any atom is 0.319 e. The smallest absolute Gasteiger partial charge is 0.319 e. The van der Waals surface area contributed by atoms with Gasteiger partial charge in [0.25, 0.3) is 0 Å². The molecule has 3 aromatic heterocycles. The summed E-state index contributed by atoms with van der Waals surface area (Å²) in [5.41, 5.74) is 5.71. The molecule has 2 aromatic carbocycles. The van der Waals surface area contributed by atoms with E-state index in [0.717, 1.165) is 33.3 Å². The molecule has 0 aliphatic carbocycles. The van der Waals surface area contributed by atoms with Crippen molar-refractivity contribution in [2.75, 3.05) is 5.32 Å². The molecule has 0 radical (unpaired) electrons. The first-order valence-electron chi connectivity index (χ1n) is 10.9. The molecule has 0 fully saturated rings. The summed E-state index contributed by atoms with van der Waals surface area (Å²) in [5.74, 6) is 5.92. The lowest BCUT2D eigenvalue weighted by Crippen LogP contribution is -2.28. The number of aromatic nitrogens is 3. The summed E-state index contributed by atoms with van der Waals surface area (Å²) in [6, 6.07) is 18.9. The molecule has 7 heteroatoms. The lowest BCUT2D eigenvalue weighted by Gasteiger charge is -2.10. The Bertz CT molecular complexity index is 1520. The first-order chi connectivity index (χ1) is 17.1. The second-order valence-corrected chi connectivity index (χ2v) is 7.82. The molecule has 170 valence electrons. The lowest BCUT2D eigenvalue weighted by molar-refractivity contribution is 0.251. The highest BCUT2D eigenvalue weighted by Gasteiger charge is 2.08. The van der Waals surface area contributed by atoms with Gasteiger partial charge in [-0.1, -0.05) is 17.9 Å². The number of pyridine rings is 2. The number of anilines is 1. The Morgan fingerprint density at radius 3 is 2.51 bits per heavy atom. The van der Waals surface area contributed by atoms with Crippen LogP contribution >= 0.6 is 0 Å². The number of fused-ring (bicyclic) bond motifs is 1. The first kappa shape index (κ1) is 21.9. The fourth-order valence-corrected chi connectivity index (χ4v) is 3.66. The normalized spacial score (nSPS) is 10.4. The number of H-pyrrole nitrogens is 1. The number of halogens is 1. The molecule has 6 nitrogen and oxygen atoms in total. The zero-order valence-electron chi connectivity index (χ0n) is 18.5. The lowest BCUT2D eigenvalue weighted by atomic mass is 10.00. The molecule has 2 amide bonds. The van der Waals surface area contributed by atoms with Gasteiger partial charge in [0.1, 0.15) is 5.82 Å². The third-order valence-corrected chi connectivity index (χ3v) is 5.37. The molecule has 0 aliphatic rings. The van der Waals surface area contributed by atoms with E-state index in [0.29, 0.717) is 17.8 Å². The molecular formula is C28H20FN5O. The van der Waals surface area contributed by atoms with Crippen LogP contribution in [0.4, 0.5) is 14.9 Å². The van der Waals surface area contributed by atoms with Crippen LogP contribution in [0.15, 0.2) is 91.5 Å². The standard InChI is InChI=1S/C28H20FN5O/c29-23-5-2-19(3-6-23)1-4-21-15-24(7-8-26(21)20-9-12-30-13-10-20)34-28(35)32-18-25-16-22-17-31-14-11-27(22)33-25/h2-3,5-17,33H,18H2,(H2,32,34,35). The van der Waals surface area contributed by atoms with Gasteiger partial charge >= 0.3 is 6.03 Å². The Labute approximate surface area is 201 Å². The molecule has 3 heterocycles. The molecule has 0 saturated carbocycles. The Morgan fingerprint density at radius 2 is 1.71 bits per heavy atom. The second kappa shape index (κ2) is 9.89. The van der Waals surface area contributed by atoms with Crippen molar-refractivity contribution in [2.24, 2.45) is 0 Å². The Kier molecular flexibility index (Phi) is 6.18. The van der Waals surface area contributed by atoms with Crippen LogP contribution < -0.4 is 10.6 Å². The molecule has 3 N–H and O–H groups in total. The number of benzene rings is 2. The van der Waals surface area contributed by atoms with E-state index < -0.39 is 0 Å². The van der Waals surface area contributed by atoms with Crippen LogP contribution in [0.2, 0.25) is 0 Å². The van der Waals surface area contributed by atoms with Crippen LogP contribution in [0, 0.1) is 17.7 Å². The van der Waals surface area contributed by atoms with Crippen molar-refractivity contribution in [1.29, 1.82) is 0 Å². The molecule has 0 aliphatic heterocycles. The van der Waals surface area contributed by atoms with Crippen LogP contribution in [0.5, 0.6) is 0 Å². The van der Waals surface area contributed by atoms with Crippen LogP contribution in [-0.4, -0.2) is 21.0 Å². The average molecular weight is 462 g/mol. The highest BCUT2D eigenvalue weighted by atomic mass is 19.1. The van der Waals surface area contributed by atoms with Gasteiger partial charge in [-0.3, -0.25) is 9.97 Å².